The molecule has 10 heteroatoms. The average Bonchev–Trinajstić information content (AvgIpc) is 3.29. The molecule has 0 spiro atoms. The molecule has 2 N–H and O–H groups in total. The summed E-state index contributed by atoms with van der Waals surface area (Å²) in [5, 5.41) is 7.06. The van der Waals surface area contributed by atoms with E-state index < -0.39 is 5.97 Å². The van der Waals surface area contributed by atoms with Gasteiger partial charge in [-0.2, -0.15) is 16.6 Å². The third-order valence-corrected chi connectivity index (χ3v) is 5.72. The number of amides is 1. The molecule has 0 unspecified atom stereocenters. The lowest BCUT2D eigenvalue weighted by molar-refractivity contribution is 0.0526. The van der Waals surface area contributed by atoms with E-state index in [0.29, 0.717) is 23.5 Å². The van der Waals surface area contributed by atoms with Crippen LogP contribution < -0.4 is 15.6 Å². The van der Waals surface area contributed by atoms with Crippen molar-refractivity contribution in [2.75, 3.05) is 46.8 Å². The number of ether oxygens (including phenoxy) is 1. The molecule has 1 fully saturated rings. The largest absolute Gasteiger partial charge is 0.462 e. The second-order valence-corrected chi connectivity index (χ2v) is 8.24. The van der Waals surface area contributed by atoms with E-state index in [0.717, 1.165) is 30.4 Å². The average molecular weight is 453 g/mol. The van der Waals surface area contributed by atoms with Crippen LogP contribution in [-0.4, -0.2) is 58.0 Å². The molecular weight excluding hydrogens is 428 g/mol. The molecule has 1 amide bonds. The maximum Gasteiger partial charge on any atom is 0.338 e. The summed E-state index contributed by atoms with van der Waals surface area (Å²) >= 11 is 1.95. The molecule has 3 heterocycles. The molecule has 2 aromatic heterocycles. The first-order chi connectivity index (χ1) is 15.6. The van der Waals surface area contributed by atoms with Gasteiger partial charge in [0, 0.05) is 30.8 Å². The number of carbonyl (C=O) groups excluding carboxylic acids is 2. The van der Waals surface area contributed by atoms with Crippen LogP contribution in [0.5, 0.6) is 0 Å². The van der Waals surface area contributed by atoms with Gasteiger partial charge < -0.3 is 15.0 Å². The molecule has 4 rings (SSSR count). The minimum Gasteiger partial charge on any atom is -0.462 e. The molecule has 1 aromatic carbocycles. The smallest absolute Gasteiger partial charge is 0.338 e. The van der Waals surface area contributed by atoms with Crippen molar-refractivity contribution in [3.8, 4) is 0 Å². The summed E-state index contributed by atoms with van der Waals surface area (Å²) in [5.41, 5.74) is 4.95. The first kappa shape index (κ1) is 21.7. The van der Waals surface area contributed by atoms with Crippen LogP contribution in [0, 0.1) is 0 Å². The van der Waals surface area contributed by atoms with E-state index in [9.17, 15) is 9.59 Å². The van der Waals surface area contributed by atoms with Crippen molar-refractivity contribution in [2.45, 2.75) is 6.92 Å². The number of anilines is 3. The Morgan fingerprint density at radius 1 is 1.12 bits per heavy atom. The zero-order valence-corrected chi connectivity index (χ0v) is 18.5. The first-order valence-corrected chi connectivity index (χ1v) is 11.5. The van der Waals surface area contributed by atoms with Crippen LogP contribution in [0.3, 0.4) is 0 Å². The van der Waals surface area contributed by atoms with E-state index in [1.165, 1.54) is 4.79 Å². The van der Waals surface area contributed by atoms with Crippen LogP contribution in [0.2, 0.25) is 0 Å². The Balaban J connectivity index is 1.36. The summed E-state index contributed by atoms with van der Waals surface area (Å²) in [6.07, 6.45) is 3.28. The van der Waals surface area contributed by atoms with Gasteiger partial charge in [0.05, 0.1) is 29.7 Å². The third-order valence-electron chi connectivity index (χ3n) is 4.78. The van der Waals surface area contributed by atoms with E-state index in [-0.39, 0.29) is 11.6 Å². The molecule has 32 heavy (non-hydrogen) atoms. The predicted octanol–water partition coefficient (Wildman–Crippen LogP) is 3.14. The number of esters is 1. The van der Waals surface area contributed by atoms with Crippen LogP contribution >= 0.6 is 11.8 Å². The lowest BCUT2D eigenvalue weighted by Gasteiger charge is -2.27. The van der Waals surface area contributed by atoms with Crippen molar-refractivity contribution in [3.63, 3.8) is 0 Å². The van der Waals surface area contributed by atoms with Gasteiger partial charge in [0.15, 0.2) is 5.69 Å². The van der Waals surface area contributed by atoms with E-state index in [4.69, 9.17) is 4.74 Å². The van der Waals surface area contributed by atoms with Gasteiger partial charge in [0.2, 0.25) is 0 Å². The van der Waals surface area contributed by atoms with Crippen LogP contribution in [0.4, 0.5) is 17.2 Å². The Bertz CT molecular complexity index is 1080. The molecule has 0 aliphatic carbocycles. The van der Waals surface area contributed by atoms with Gasteiger partial charge in [-0.1, -0.05) is 6.07 Å². The SMILES string of the molecule is CCOC(=O)c1cccc(Nn2ccc(C(=O)Nc3ccc(N4CCSCC4)nc3)n2)c1. The van der Waals surface area contributed by atoms with Gasteiger partial charge in [0.25, 0.3) is 5.91 Å². The monoisotopic (exact) mass is 452 g/mol. The predicted molar refractivity (Wildman–Crippen MR) is 125 cm³/mol. The molecule has 9 nitrogen and oxygen atoms in total. The third kappa shape index (κ3) is 5.38. The number of hydrogen-bond acceptors (Lipinski definition) is 8. The van der Waals surface area contributed by atoms with Gasteiger partial charge in [-0.25, -0.2) is 9.78 Å². The van der Waals surface area contributed by atoms with Crippen molar-refractivity contribution < 1.29 is 14.3 Å². The second kappa shape index (κ2) is 10.2. The second-order valence-electron chi connectivity index (χ2n) is 7.02. The summed E-state index contributed by atoms with van der Waals surface area (Å²) < 4.78 is 5.02. The highest BCUT2D eigenvalue weighted by atomic mass is 32.2. The van der Waals surface area contributed by atoms with Crippen molar-refractivity contribution in [1.29, 1.82) is 0 Å². The summed E-state index contributed by atoms with van der Waals surface area (Å²) in [4.78, 5) is 32.6. The Kier molecular flexibility index (Phi) is 6.90. The van der Waals surface area contributed by atoms with Gasteiger partial charge >= 0.3 is 5.97 Å². The summed E-state index contributed by atoms with van der Waals surface area (Å²) in [6.45, 7) is 4.03. The van der Waals surface area contributed by atoms with Gasteiger partial charge in [-0.3, -0.25) is 10.2 Å². The maximum atomic E-state index is 12.6. The van der Waals surface area contributed by atoms with E-state index in [1.54, 1.807) is 49.6 Å². The molecule has 1 aliphatic heterocycles. The number of rotatable bonds is 7. The van der Waals surface area contributed by atoms with E-state index in [1.807, 2.05) is 23.9 Å². The maximum absolute atomic E-state index is 12.6. The number of benzene rings is 1. The van der Waals surface area contributed by atoms with E-state index >= 15 is 0 Å². The zero-order chi connectivity index (χ0) is 22.3. The van der Waals surface area contributed by atoms with Gasteiger partial charge in [-0.15, -0.1) is 5.10 Å². The Morgan fingerprint density at radius 3 is 2.72 bits per heavy atom. The van der Waals surface area contributed by atoms with E-state index in [2.05, 4.69) is 25.7 Å². The standard InChI is InChI=1S/C22H24N6O3S/c1-2-31-22(30)16-4-3-5-17(14-16)25-28-9-8-19(26-28)21(29)24-18-6-7-20(23-15-18)27-10-12-32-13-11-27/h3-9,14-15,25H,2,10-13H2,1H3,(H,24,29). The molecule has 166 valence electrons. The quantitative estimate of drug-likeness (QED) is 0.527. The van der Waals surface area contributed by atoms with Crippen LogP contribution in [-0.2, 0) is 4.74 Å². The van der Waals surface area contributed by atoms with Crippen LogP contribution in [0.1, 0.15) is 27.8 Å². The minimum atomic E-state index is -0.393. The fourth-order valence-corrected chi connectivity index (χ4v) is 4.11. The fourth-order valence-electron chi connectivity index (χ4n) is 3.20. The molecule has 0 bridgehead atoms. The molecule has 3 aromatic rings. The highest BCUT2D eigenvalue weighted by molar-refractivity contribution is 7.99. The molecule has 1 saturated heterocycles. The Morgan fingerprint density at radius 2 is 1.97 bits per heavy atom. The molecule has 0 saturated carbocycles. The van der Waals surface area contributed by atoms with Crippen LogP contribution in [0.25, 0.3) is 0 Å². The summed E-state index contributed by atoms with van der Waals surface area (Å²) in [5.74, 6) is 2.39. The highest BCUT2D eigenvalue weighted by Crippen LogP contribution is 2.19. The number of carbonyl (C=O) groups is 2. The summed E-state index contributed by atoms with van der Waals surface area (Å²) in [7, 11) is 0. The highest BCUT2D eigenvalue weighted by Gasteiger charge is 2.14. The fraction of sp³-hybridized carbons (Fsp3) is 0.273. The number of nitrogens with one attached hydrogen (secondary N) is 2. The van der Waals surface area contributed by atoms with Crippen LogP contribution in [0.15, 0.2) is 54.9 Å². The molecule has 0 atom stereocenters. The first-order valence-electron chi connectivity index (χ1n) is 10.3. The Labute approximate surface area is 190 Å². The van der Waals surface area contributed by atoms with Crippen molar-refractivity contribution in [3.05, 3.63) is 66.1 Å². The number of hydrogen-bond donors (Lipinski definition) is 2. The van der Waals surface area contributed by atoms with Crippen molar-refractivity contribution in [1.82, 2.24) is 14.9 Å². The zero-order valence-electron chi connectivity index (χ0n) is 17.7. The number of nitrogens with zero attached hydrogens (tertiary/aromatic N) is 4. The lowest BCUT2D eigenvalue weighted by atomic mass is 10.2. The topological polar surface area (TPSA) is 101 Å². The Hall–Kier alpha value is -3.53. The minimum absolute atomic E-state index is 0.246. The number of thioether (sulfide) groups is 1. The van der Waals surface area contributed by atoms with Gasteiger partial charge in [0.1, 0.15) is 5.82 Å². The normalized spacial score (nSPS) is 13.5. The lowest BCUT2D eigenvalue weighted by Crippen LogP contribution is -2.33. The number of pyridine rings is 1. The molecule has 1 aliphatic rings. The number of aromatic nitrogens is 3. The molecule has 0 radical (unpaired) electrons. The summed E-state index contributed by atoms with van der Waals surface area (Å²) in [6, 6.07) is 12.2. The van der Waals surface area contributed by atoms with Crippen molar-refractivity contribution in [2.24, 2.45) is 0 Å². The molecular formula is C22H24N6O3S. The van der Waals surface area contributed by atoms with Crippen molar-refractivity contribution >= 4 is 40.8 Å². The van der Waals surface area contributed by atoms with Gasteiger partial charge in [-0.05, 0) is 43.3 Å².